The molecule has 0 aliphatic carbocycles. The van der Waals surface area contributed by atoms with E-state index in [0.29, 0.717) is 41.0 Å². The van der Waals surface area contributed by atoms with Crippen LogP contribution in [0.4, 0.5) is 23.0 Å². The minimum Gasteiger partial charge on any atom is -0.497 e. The first kappa shape index (κ1) is 31.6. The van der Waals surface area contributed by atoms with Crippen LogP contribution < -0.4 is 20.1 Å². The number of carbonyl (C=O) groups excluding carboxylic acids is 1. The Hall–Kier alpha value is -3.97. The molecular formula is C28H33ClN6O5S. The molecule has 1 heterocycles. The Morgan fingerprint density at radius 1 is 0.976 bits per heavy atom. The Kier molecular flexibility index (Phi) is 10.8. The normalized spacial score (nSPS) is 11.1. The van der Waals surface area contributed by atoms with Crippen molar-refractivity contribution < 1.29 is 23.1 Å². The number of aryl methyl sites for hydroxylation is 1. The fourth-order valence-corrected chi connectivity index (χ4v) is 4.97. The lowest BCUT2D eigenvalue weighted by Crippen LogP contribution is -2.27. The van der Waals surface area contributed by atoms with Crippen LogP contribution >= 0.6 is 12.4 Å². The first-order valence-corrected chi connectivity index (χ1v) is 14.1. The van der Waals surface area contributed by atoms with Crippen molar-refractivity contribution in [2.45, 2.75) is 17.7 Å². The lowest BCUT2D eigenvalue weighted by Gasteiger charge is -2.17. The van der Waals surface area contributed by atoms with E-state index in [9.17, 15) is 18.3 Å². The molecule has 0 fully saturated rings. The van der Waals surface area contributed by atoms with Gasteiger partial charge in [-0.25, -0.2) is 18.4 Å². The predicted molar refractivity (Wildman–Crippen MR) is 163 cm³/mol. The summed E-state index contributed by atoms with van der Waals surface area (Å²) in [4.78, 5) is 23.0. The summed E-state index contributed by atoms with van der Waals surface area (Å²) in [6.07, 6.45) is 1.14. The van der Waals surface area contributed by atoms with Crippen molar-refractivity contribution in [2.24, 2.45) is 0 Å². The fourth-order valence-electron chi connectivity index (χ4n) is 3.96. The molecule has 0 atom stereocenters. The summed E-state index contributed by atoms with van der Waals surface area (Å²) in [7, 11) is 1.05. The van der Waals surface area contributed by atoms with E-state index in [1.165, 1.54) is 24.3 Å². The smallest absolute Gasteiger partial charge is 0.263 e. The second-order valence-electron chi connectivity index (χ2n) is 9.30. The molecule has 0 spiro atoms. The fraction of sp³-hybridized carbons (Fsp3) is 0.250. The number of hydrogen-bond acceptors (Lipinski definition) is 9. The lowest BCUT2D eigenvalue weighted by molar-refractivity contribution is -0.116. The van der Waals surface area contributed by atoms with Gasteiger partial charge in [-0.2, -0.15) is 0 Å². The summed E-state index contributed by atoms with van der Waals surface area (Å²) in [5.74, 6) is 0.604. The number of halogens is 1. The van der Waals surface area contributed by atoms with Gasteiger partial charge in [0, 0.05) is 24.0 Å². The Balaban J connectivity index is 0.00000462. The molecule has 4 rings (SSSR count). The van der Waals surface area contributed by atoms with Gasteiger partial charge in [-0.3, -0.25) is 9.52 Å². The number of aliphatic hydroxyl groups is 1. The number of nitrogens with zero attached hydrogens (tertiary/aromatic N) is 3. The highest BCUT2D eigenvalue weighted by Gasteiger charge is 2.20. The predicted octanol–water partition coefficient (Wildman–Crippen LogP) is 4.03. The van der Waals surface area contributed by atoms with Crippen molar-refractivity contribution in [3.05, 3.63) is 72.3 Å². The Bertz CT molecular complexity index is 1600. The minimum atomic E-state index is -4.07. The third kappa shape index (κ3) is 8.27. The van der Waals surface area contributed by atoms with E-state index in [4.69, 9.17) is 4.74 Å². The van der Waals surface area contributed by atoms with Crippen molar-refractivity contribution in [2.75, 3.05) is 49.7 Å². The molecule has 1 aromatic heterocycles. The lowest BCUT2D eigenvalue weighted by atomic mass is 10.1. The van der Waals surface area contributed by atoms with E-state index < -0.39 is 10.0 Å². The Morgan fingerprint density at radius 2 is 1.63 bits per heavy atom. The highest BCUT2D eigenvalue weighted by molar-refractivity contribution is 7.92. The molecule has 0 radical (unpaired) electrons. The molecule has 0 unspecified atom stereocenters. The number of aromatic nitrogens is 2. The Morgan fingerprint density at radius 3 is 2.24 bits per heavy atom. The van der Waals surface area contributed by atoms with Gasteiger partial charge in [0.15, 0.2) is 11.6 Å². The maximum absolute atomic E-state index is 13.4. The number of nitrogens with one attached hydrogen (secondary N) is 3. The van der Waals surface area contributed by atoms with Crippen LogP contribution in [0.5, 0.6) is 5.75 Å². The second-order valence-corrected chi connectivity index (χ2v) is 11.0. The number of benzene rings is 3. The molecule has 4 aromatic rings. The highest BCUT2D eigenvalue weighted by Crippen LogP contribution is 2.31. The number of methoxy groups -OCH3 is 1. The van der Waals surface area contributed by atoms with Crippen LogP contribution in [0.25, 0.3) is 11.0 Å². The van der Waals surface area contributed by atoms with Gasteiger partial charge in [-0.15, -0.1) is 12.4 Å². The van der Waals surface area contributed by atoms with E-state index in [1.54, 1.807) is 50.4 Å². The number of para-hydroxylation sites is 2. The van der Waals surface area contributed by atoms with Crippen LogP contribution in [0, 0.1) is 0 Å². The minimum absolute atomic E-state index is 0. The van der Waals surface area contributed by atoms with Crippen molar-refractivity contribution >= 4 is 62.4 Å². The third-order valence-corrected chi connectivity index (χ3v) is 7.24. The molecule has 0 aliphatic rings. The average Bonchev–Trinajstić information content (AvgIpc) is 2.92. The number of anilines is 4. The van der Waals surface area contributed by atoms with Crippen molar-refractivity contribution in [3.8, 4) is 5.75 Å². The number of ether oxygens (including phenoxy) is 1. The summed E-state index contributed by atoms with van der Waals surface area (Å²) >= 11 is 0. The highest BCUT2D eigenvalue weighted by atomic mass is 35.5. The standard InChI is InChI=1S/C28H32N6O5S.ClH/c1-34(2)18-26(36)29-20-11-14-22(15-12-20)40(37,38)33-28-27(30-23-8-4-5-9-24(23)31-28)32-25-17-21(39-3)13-10-19(25)7-6-16-35;/h4-5,8-15,17,35H,6-7,16,18H2,1-3H3,(H,29,36)(H,30,32)(H,31,33);1H. The number of carbonyl (C=O) groups is 1. The summed E-state index contributed by atoms with van der Waals surface area (Å²) in [5, 5.41) is 15.3. The average molecular weight is 601 g/mol. The Labute approximate surface area is 245 Å². The number of likely N-dealkylation sites (N-methyl/N-ethyl adjacent to an activating group) is 1. The largest absolute Gasteiger partial charge is 0.497 e. The number of rotatable bonds is 12. The molecule has 3 aromatic carbocycles. The van der Waals surface area contributed by atoms with Crippen LogP contribution in [-0.2, 0) is 21.2 Å². The monoisotopic (exact) mass is 600 g/mol. The molecule has 0 bridgehead atoms. The summed E-state index contributed by atoms with van der Waals surface area (Å²) in [5.41, 5.74) is 3.11. The molecule has 41 heavy (non-hydrogen) atoms. The molecule has 1 amide bonds. The van der Waals surface area contributed by atoms with Crippen LogP contribution in [0.3, 0.4) is 0 Å². The molecule has 11 nitrogen and oxygen atoms in total. The van der Waals surface area contributed by atoms with Gasteiger partial charge in [-0.05, 0) is 75.0 Å². The quantitative estimate of drug-likeness (QED) is 0.189. The molecule has 13 heteroatoms. The van der Waals surface area contributed by atoms with E-state index in [-0.39, 0.29) is 48.0 Å². The van der Waals surface area contributed by atoms with Crippen molar-refractivity contribution in [3.63, 3.8) is 0 Å². The van der Waals surface area contributed by atoms with E-state index >= 15 is 0 Å². The van der Waals surface area contributed by atoms with E-state index in [0.717, 1.165) is 5.56 Å². The maximum atomic E-state index is 13.4. The SMILES string of the molecule is COc1ccc(CCCO)c(Nc2nc3ccccc3nc2NS(=O)(=O)c2ccc(NC(=O)CN(C)C)cc2)c1.Cl. The molecule has 0 saturated carbocycles. The van der Waals surface area contributed by atoms with Gasteiger partial charge >= 0.3 is 0 Å². The number of aliphatic hydroxyl groups excluding tert-OH is 1. The van der Waals surface area contributed by atoms with Gasteiger partial charge in [0.05, 0.1) is 29.6 Å². The number of amides is 1. The zero-order valence-electron chi connectivity index (χ0n) is 22.9. The van der Waals surface area contributed by atoms with Gasteiger partial charge in [0.1, 0.15) is 5.75 Å². The van der Waals surface area contributed by atoms with Gasteiger partial charge in [-0.1, -0.05) is 18.2 Å². The van der Waals surface area contributed by atoms with Gasteiger partial charge in [0.2, 0.25) is 5.91 Å². The second kappa shape index (κ2) is 14.1. The number of fused-ring (bicyclic) bond motifs is 1. The zero-order chi connectivity index (χ0) is 28.7. The van der Waals surface area contributed by atoms with Crippen molar-refractivity contribution in [1.29, 1.82) is 0 Å². The molecule has 0 aliphatic heterocycles. The molecule has 218 valence electrons. The molecular weight excluding hydrogens is 568 g/mol. The van der Waals surface area contributed by atoms with E-state index in [1.807, 2.05) is 18.2 Å². The van der Waals surface area contributed by atoms with Crippen molar-refractivity contribution in [1.82, 2.24) is 14.9 Å². The number of sulfonamides is 1. The van der Waals surface area contributed by atoms with Crippen LogP contribution in [0.1, 0.15) is 12.0 Å². The topological polar surface area (TPSA) is 146 Å². The maximum Gasteiger partial charge on any atom is 0.263 e. The summed E-state index contributed by atoms with van der Waals surface area (Å²) in [6, 6.07) is 18.5. The van der Waals surface area contributed by atoms with Crippen LogP contribution in [0.2, 0.25) is 0 Å². The molecule has 4 N–H and O–H groups in total. The number of hydrogen-bond donors (Lipinski definition) is 4. The molecule has 0 saturated heterocycles. The van der Waals surface area contributed by atoms with Crippen LogP contribution in [0.15, 0.2) is 71.6 Å². The van der Waals surface area contributed by atoms with E-state index in [2.05, 4.69) is 25.3 Å². The summed E-state index contributed by atoms with van der Waals surface area (Å²) in [6.45, 7) is 0.234. The first-order chi connectivity index (χ1) is 19.2. The van der Waals surface area contributed by atoms with Gasteiger partial charge in [0.25, 0.3) is 10.0 Å². The first-order valence-electron chi connectivity index (χ1n) is 12.6. The zero-order valence-corrected chi connectivity index (χ0v) is 24.6. The third-order valence-electron chi connectivity index (χ3n) is 5.88. The van der Waals surface area contributed by atoms with Crippen LogP contribution in [-0.4, -0.2) is 68.7 Å². The van der Waals surface area contributed by atoms with Gasteiger partial charge < -0.3 is 25.4 Å². The summed E-state index contributed by atoms with van der Waals surface area (Å²) < 4.78 is 34.7.